The SMILES string of the molecule is CCC(CC)NC(=O)Cn1ncc(N)cc1=O. The number of nitrogens with zero attached hydrogens (tertiary/aromatic N) is 2. The molecule has 17 heavy (non-hydrogen) atoms. The summed E-state index contributed by atoms with van der Waals surface area (Å²) in [5, 5.41) is 6.63. The molecule has 0 aromatic carbocycles. The van der Waals surface area contributed by atoms with Crippen LogP contribution in [0.25, 0.3) is 0 Å². The summed E-state index contributed by atoms with van der Waals surface area (Å²) in [5.74, 6) is -0.210. The van der Waals surface area contributed by atoms with Crippen LogP contribution in [0.4, 0.5) is 5.69 Å². The van der Waals surface area contributed by atoms with Crippen LogP contribution in [0, 0.1) is 0 Å². The Morgan fingerprint density at radius 1 is 1.53 bits per heavy atom. The Morgan fingerprint density at radius 2 is 2.18 bits per heavy atom. The summed E-state index contributed by atoms with van der Waals surface area (Å²) in [6.07, 6.45) is 3.09. The molecule has 0 radical (unpaired) electrons. The molecule has 1 amide bonds. The van der Waals surface area contributed by atoms with E-state index in [2.05, 4.69) is 10.4 Å². The predicted octanol–water partition coefficient (Wildman–Crippen LogP) is 0.130. The number of nitrogen functional groups attached to an aromatic ring is 1. The average molecular weight is 238 g/mol. The first kappa shape index (κ1) is 13.2. The first-order valence-electron chi connectivity index (χ1n) is 5.68. The molecule has 0 aliphatic heterocycles. The van der Waals surface area contributed by atoms with Gasteiger partial charge < -0.3 is 11.1 Å². The maximum Gasteiger partial charge on any atom is 0.269 e. The van der Waals surface area contributed by atoms with Crippen molar-refractivity contribution in [1.82, 2.24) is 15.1 Å². The lowest BCUT2D eigenvalue weighted by molar-refractivity contribution is -0.122. The topological polar surface area (TPSA) is 90.0 Å². The van der Waals surface area contributed by atoms with Crippen LogP contribution in [0.2, 0.25) is 0 Å². The van der Waals surface area contributed by atoms with Gasteiger partial charge in [-0.1, -0.05) is 13.8 Å². The molecule has 0 aliphatic rings. The van der Waals surface area contributed by atoms with Crippen molar-refractivity contribution in [3.8, 4) is 0 Å². The fourth-order valence-electron chi connectivity index (χ4n) is 1.47. The summed E-state index contributed by atoms with van der Waals surface area (Å²) >= 11 is 0. The molecule has 1 aromatic heterocycles. The number of hydrogen-bond acceptors (Lipinski definition) is 4. The molecule has 0 saturated carbocycles. The maximum atomic E-state index is 11.6. The fourth-order valence-corrected chi connectivity index (χ4v) is 1.47. The van der Waals surface area contributed by atoms with E-state index in [4.69, 9.17) is 5.73 Å². The van der Waals surface area contributed by atoms with Gasteiger partial charge in [0.15, 0.2) is 0 Å². The van der Waals surface area contributed by atoms with Gasteiger partial charge in [-0.3, -0.25) is 9.59 Å². The van der Waals surface area contributed by atoms with Gasteiger partial charge in [0.2, 0.25) is 5.91 Å². The highest BCUT2D eigenvalue weighted by Crippen LogP contribution is 1.96. The Balaban J connectivity index is 2.65. The molecule has 0 aliphatic carbocycles. The van der Waals surface area contributed by atoms with Crippen LogP contribution in [0.5, 0.6) is 0 Å². The Morgan fingerprint density at radius 3 is 2.71 bits per heavy atom. The van der Waals surface area contributed by atoms with Gasteiger partial charge in [-0.2, -0.15) is 5.10 Å². The minimum Gasteiger partial charge on any atom is -0.397 e. The molecule has 0 unspecified atom stereocenters. The molecule has 1 aromatic rings. The van der Waals surface area contributed by atoms with Crippen LogP contribution in [-0.4, -0.2) is 21.7 Å². The van der Waals surface area contributed by atoms with E-state index in [0.29, 0.717) is 5.69 Å². The van der Waals surface area contributed by atoms with E-state index >= 15 is 0 Å². The Bertz CT molecular complexity index is 437. The maximum absolute atomic E-state index is 11.6. The summed E-state index contributed by atoms with van der Waals surface area (Å²) in [6, 6.07) is 1.39. The smallest absolute Gasteiger partial charge is 0.269 e. The Kier molecular flexibility index (Phi) is 4.68. The van der Waals surface area contributed by atoms with E-state index in [1.54, 1.807) is 0 Å². The number of amides is 1. The first-order chi connectivity index (χ1) is 8.06. The van der Waals surface area contributed by atoms with Gasteiger partial charge in [0.05, 0.1) is 11.9 Å². The van der Waals surface area contributed by atoms with Crippen molar-refractivity contribution in [3.05, 3.63) is 22.6 Å². The van der Waals surface area contributed by atoms with Crippen molar-refractivity contribution in [2.45, 2.75) is 39.3 Å². The number of carbonyl (C=O) groups is 1. The molecule has 6 heteroatoms. The van der Waals surface area contributed by atoms with Crippen molar-refractivity contribution < 1.29 is 4.79 Å². The lowest BCUT2D eigenvalue weighted by atomic mass is 10.2. The zero-order valence-electron chi connectivity index (χ0n) is 10.1. The third kappa shape index (κ3) is 3.90. The van der Waals surface area contributed by atoms with E-state index < -0.39 is 0 Å². The van der Waals surface area contributed by atoms with Gasteiger partial charge >= 0.3 is 0 Å². The Labute approximate surface area is 99.8 Å². The summed E-state index contributed by atoms with van der Waals surface area (Å²) in [4.78, 5) is 23.1. The molecule has 0 spiro atoms. The van der Waals surface area contributed by atoms with Crippen molar-refractivity contribution >= 4 is 11.6 Å². The number of anilines is 1. The summed E-state index contributed by atoms with van der Waals surface area (Å²) < 4.78 is 1.09. The van der Waals surface area contributed by atoms with Gasteiger partial charge in [-0.25, -0.2) is 4.68 Å². The van der Waals surface area contributed by atoms with Gasteiger partial charge in [-0.05, 0) is 12.8 Å². The molecule has 1 heterocycles. The molecule has 3 N–H and O–H groups in total. The largest absolute Gasteiger partial charge is 0.397 e. The van der Waals surface area contributed by atoms with Gasteiger partial charge in [0, 0.05) is 12.1 Å². The normalized spacial score (nSPS) is 10.5. The summed E-state index contributed by atoms with van der Waals surface area (Å²) in [6.45, 7) is 3.93. The molecular weight excluding hydrogens is 220 g/mol. The second-order valence-corrected chi connectivity index (χ2v) is 3.87. The molecular formula is C11H18N4O2. The van der Waals surface area contributed by atoms with E-state index in [9.17, 15) is 9.59 Å². The zero-order chi connectivity index (χ0) is 12.8. The monoisotopic (exact) mass is 238 g/mol. The van der Waals surface area contributed by atoms with Crippen molar-refractivity contribution in [2.24, 2.45) is 0 Å². The molecule has 0 fully saturated rings. The number of nitrogens with two attached hydrogens (primary N) is 1. The van der Waals surface area contributed by atoms with Crippen LogP contribution < -0.4 is 16.6 Å². The highest BCUT2D eigenvalue weighted by molar-refractivity contribution is 5.75. The van der Waals surface area contributed by atoms with Crippen LogP contribution in [-0.2, 0) is 11.3 Å². The molecule has 0 atom stereocenters. The summed E-state index contributed by atoms with van der Waals surface area (Å²) in [7, 11) is 0. The minimum atomic E-state index is -0.371. The van der Waals surface area contributed by atoms with E-state index in [1.807, 2.05) is 13.8 Å². The average Bonchev–Trinajstić information content (AvgIpc) is 2.29. The third-order valence-electron chi connectivity index (χ3n) is 2.53. The highest BCUT2D eigenvalue weighted by Gasteiger charge is 2.10. The number of nitrogens with one attached hydrogen (secondary N) is 1. The van der Waals surface area contributed by atoms with Crippen LogP contribution >= 0.6 is 0 Å². The number of aromatic nitrogens is 2. The first-order valence-corrected chi connectivity index (χ1v) is 5.68. The van der Waals surface area contributed by atoms with Crippen molar-refractivity contribution in [3.63, 3.8) is 0 Å². The van der Waals surface area contributed by atoms with Crippen LogP contribution in [0.15, 0.2) is 17.1 Å². The standard InChI is InChI=1S/C11H18N4O2/c1-3-9(4-2)14-10(16)7-15-11(17)5-8(12)6-13-15/h5-6,9H,3-4,7,12H2,1-2H3,(H,14,16). The third-order valence-corrected chi connectivity index (χ3v) is 2.53. The van der Waals surface area contributed by atoms with Gasteiger partial charge in [0.1, 0.15) is 6.54 Å². The van der Waals surface area contributed by atoms with Crippen molar-refractivity contribution in [2.75, 3.05) is 5.73 Å². The highest BCUT2D eigenvalue weighted by atomic mass is 16.2. The summed E-state index contributed by atoms with van der Waals surface area (Å²) in [5.41, 5.74) is 5.33. The number of rotatable bonds is 5. The van der Waals surface area contributed by atoms with Crippen molar-refractivity contribution in [1.29, 1.82) is 0 Å². The van der Waals surface area contributed by atoms with E-state index in [0.717, 1.165) is 17.5 Å². The van der Waals surface area contributed by atoms with E-state index in [1.165, 1.54) is 12.3 Å². The molecule has 6 nitrogen and oxygen atoms in total. The predicted molar refractivity (Wildman–Crippen MR) is 65.4 cm³/mol. The second kappa shape index (κ2) is 6.03. The number of carbonyl (C=O) groups excluding carboxylic acids is 1. The molecule has 1 rings (SSSR count). The minimum absolute atomic E-state index is 0.0738. The lowest BCUT2D eigenvalue weighted by Gasteiger charge is -2.14. The van der Waals surface area contributed by atoms with Crippen LogP contribution in [0.3, 0.4) is 0 Å². The molecule has 0 saturated heterocycles. The number of hydrogen-bond donors (Lipinski definition) is 2. The molecule has 0 bridgehead atoms. The lowest BCUT2D eigenvalue weighted by Crippen LogP contribution is -2.38. The Hall–Kier alpha value is -1.85. The second-order valence-electron chi connectivity index (χ2n) is 3.87. The molecule has 94 valence electrons. The quantitative estimate of drug-likeness (QED) is 0.763. The zero-order valence-corrected chi connectivity index (χ0v) is 10.1. The van der Waals surface area contributed by atoms with E-state index in [-0.39, 0.29) is 24.1 Å². The van der Waals surface area contributed by atoms with Crippen LogP contribution in [0.1, 0.15) is 26.7 Å². The van der Waals surface area contributed by atoms with Gasteiger partial charge in [-0.15, -0.1) is 0 Å². The fraction of sp³-hybridized carbons (Fsp3) is 0.545. The van der Waals surface area contributed by atoms with Gasteiger partial charge in [0.25, 0.3) is 5.56 Å².